The maximum atomic E-state index is 13.1. The molecule has 1 N–H and O–H groups in total. The third-order valence-electron chi connectivity index (χ3n) is 7.53. The minimum atomic E-state index is -0.956. The van der Waals surface area contributed by atoms with Gasteiger partial charge >= 0.3 is 0 Å². The average Bonchev–Trinajstić information content (AvgIpc) is 3.09. The standard InChI is InChI=1S/C25H29N3O6/c29-14-15-1-4-17(5-2-15)34-18-9-11-27(12-10-18)16-3-6-19-20(13-16)25(33)28(24(19)32)21-7-8-22(30)26-23(21)31/h3,6,13-15,17-18,21H,1-2,4-5,7-12H2,(H,26,30,31)/t15-,17-,21?. The van der Waals surface area contributed by atoms with Gasteiger partial charge in [0.2, 0.25) is 11.8 Å². The first-order valence-corrected chi connectivity index (χ1v) is 12.2. The lowest BCUT2D eigenvalue weighted by Gasteiger charge is -2.36. The second-order valence-electron chi connectivity index (χ2n) is 9.67. The van der Waals surface area contributed by atoms with Crippen molar-refractivity contribution in [1.82, 2.24) is 10.2 Å². The molecule has 9 heteroatoms. The van der Waals surface area contributed by atoms with Gasteiger partial charge in [-0.25, -0.2) is 0 Å². The Morgan fingerprint density at radius 2 is 1.53 bits per heavy atom. The largest absolute Gasteiger partial charge is 0.375 e. The lowest BCUT2D eigenvalue weighted by atomic mass is 9.88. The summed E-state index contributed by atoms with van der Waals surface area (Å²) in [6.45, 7) is 1.57. The predicted molar refractivity (Wildman–Crippen MR) is 121 cm³/mol. The molecule has 4 amide bonds. The molecule has 1 atom stereocenters. The molecular formula is C25H29N3O6. The summed E-state index contributed by atoms with van der Waals surface area (Å²) in [5, 5.41) is 2.22. The smallest absolute Gasteiger partial charge is 0.262 e. The monoisotopic (exact) mass is 467 g/mol. The first kappa shape index (κ1) is 22.7. The van der Waals surface area contributed by atoms with Gasteiger partial charge in [-0.2, -0.15) is 0 Å². The molecule has 0 aromatic heterocycles. The fourth-order valence-corrected chi connectivity index (χ4v) is 5.54. The highest BCUT2D eigenvalue weighted by Crippen LogP contribution is 2.33. The van der Waals surface area contributed by atoms with Gasteiger partial charge in [0.15, 0.2) is 0 Å². The van der Waals surface area contributed by atoms with Gasteiger partial charge in [0.1, 0.15) is 12.3 Å². The molecule has 0 radical (unpaired) electrons. The number of amides is 4. The third-order valence-corrected chi connectivity index (χ3v) is 7.53. The van der Waals surface area contributed by atoms with Crippen LogP contribution in [0.3, 0.4) is 0 Å². The van der Waals surface area contributed by atoms with Crippen LogP contribution in [0, 0.1) is 5.92 Å². The molecule has 3 heterocycles. The topological polar surface area (TPSA) is 113 Å². The number of carbonyl (C=O) groups excluding carboxylic acids is 5. The molecule has 2 saturated heterocycles. The number of piperidine rings is 2. The molecule has 3 aliphatic heterocycles. The number of aldehydes is 1. The maximum Gasteiger partial charge on any atom is 0.262 e. The van der Waals surface area contributed by atoms with Crippen molar-refractivity contribution in [2.24, 2.45) is 5.92 Å². The highest BCUT2D eigenvalue weighted by molar-refractivity contribution is 6.23. The quantitative estimate of drug-likeness (QED) is 0.519. The van der Waals surface area contributed by atoms with Gasteiger partial charge in [-0.15, -0.1) is 0 Å². The molecule has 3 fully saturated rings. The molecule has 9 nitrogen and oxygen atoms in total. The Morgan fingerprint density at radius 1 is 0.853 bits per heavy atom. The molecule has 1 aromatic carbocycles. The van der Waals surface area contributed by atoms with E-state index in [1.165, 1.54) is 0 Å². The predicted octanol–water partition coefficient (Wildman–Crippen LogP) is 1.83. The molecule has 0 bridgehead atoms. The minimum Gasteiger partial charge on any atom is -0.375 e. The summed E-state index contributed by atoms with van der Waals surface area (Å²) in [6.07, 6.45) is 7.17. The van der Waals surface area contributed by atoms with Gasteiger partial charge in [0.05, 0.1) is 23.3 Å². The summed E-state index contributed by atoms with van der Waals surface area (Å²) < 4.78 is 6.30. The summed E-state index contributed by atoms with van der Waals surface area (Å²) in [5.74, 6) is -1.78. The Hall–Kier alpha value is -3.07. The molecule has 0 spiro atoms. The van der Waals surface area contributed by atoms with Crippen LogP contribution >= 0.6 is 0 Å². The molecular weight excluding hydrogens is 438 g/mol. The van der Waals surface area contributed by atoms with Gasteiger partial charge < -0.3 is 14.4 Å². The van der Waals surface area contributed by atoms with E-state index in [9.17, 15) is 24.0 Å². The highest BCUT2D eigenvalue weighted by Gasteiger charge is 2.44. The van der Waals surface area contributed by atoms with Crippen molar-refractivity contribution in [2.75, 3.05) is 18.0 Å². The zero-order valence-electron chi connectivity index (χ0n) is 19.0. The van der Waals surface area contributed by atoms with E-state index in [1.807, 2.05) is 6.07 Å². The van der Waals surface area contributed by atoms with E-state index in [-0.39, 0.29) is 36.9 Å². The Labute approximate surface area is 197 Å². The number of rotatable bonds is 5. The van der Waals surface area contributed by atoms with E-state index in [1.54, 1.807) is 12.1 Å². The number of fused-ring (bicyclic) bond motifs is 1. The van der Waals surface area contributed by atoms with Gasteiger partial charge in [0, 0.05) is 31.1 Å². The first-order chi connectivity index (χ1) is 16.4. The van der Waals surface area contributed by atoms with Crippen molar-refractivity contribution in [1.29, 1.82) is 0 Å². The van der Waals surface area contributed by atoms with Crippen LogP contribution in [0.15, 0.2) is 18.2 Å². The van der Waals surface area contributed by atoms with Gasteiger partial charge in [-0.1, -0.05) is 0 Å². The number of hydrogen-bond donors (Lipinski definition) is 1. The number of anilines is 1. The van der Waals surface area contributed by atoms with E-state index >= 15 is 0 Å². The fraction of sp³-hybridized carbons (Fsp3) is 0.560. The van der Waals surface area contributed by atoms with Crippen LogP contribution in [0.1, 0.15) is 72.1 Å². The normalized spacial score (nSPS) is 28.2. The van der Waals surface area contributed by atoms with E-state index in [0.717, 1.165) is 68.5 Å². The maximum absolute atomic E-state index is 13.1. The van der Waals surface area contributed by atoms with Crippen LogP contribution in [0.5, 0.6) is 0 Å². The van der Waals surface area contributed by atoms with Crippen LogP contribution in [0.25, 0.3) is 0 Å². The Balaban J connectivity index is 1.21. The molecule has 34 heavy (non-hydrogen) atoms. The number of nitrogens with zero attached hydrogens (tertiary/aromatic N) is 2. The summed E-state index contributed by atoms with van der Waals surface area (Å²) >= 11 is 0. The van der Waals surface area contributed by atoms with Crippen molar-refractivity contribution in [3.8, 4) is 0 Å². The van der Waals surface area contributed by atoms with Gasteiger partial charge in [-0.3, -0.25) is 29.4 Å². The van der Waals surface area contributed by atoms with Crippen molar-refractivity contribution in [3.63, 3.8) is 0 Å². The van der Waals surface area contributed by atoms with Crippen molar-refractivity contribution in [2.45, 2.75) is 69.6 Å². The SMILES string of the molecule is O=C[C@H]1CC[C@H](OC2CCN(c3ccc4c(c3)C(=O)N(C3CCC(=O)NC3=O)C4=O)CC2)CC1. The molecule has 5 rings (SSSR count). The van der Waals surface area contributed by atoms with Crippen molar-refractivity contribution in [3.05, 3.63) is 29.3 Å². The zero-order chi connectivity index (χ0) is 23.8. The van der Waals surface area contributed by atoms with E-state index in [2.05, 4.69) is 10.2 Å². The molecule has 1 aromatic rings. The average molecular weight is 468 g/mol. The number of hydrogen-bond acceptors (Lipinski definition) is 7. The van der Waals surface area contributed by atoms with Gasteiger partial charge in [-0.05, 0) is 63.1 Å². The number of nitrogens with one attached hydrogen (secondary N) is 1. The molecule has 1 aliphatic carbocycles. The van der Waals surface area contributed by atoms with Gasteiger partial charge in [0.25, 0.3) is 11.8 Å². The first-order valence-electron chi connectivity index (χ1n) is 12.2. The third kappa shape index (κ3) is 4.24. The van der Waals surface area contributed by atoms with Crippen LogP contribution in [0.2, 0.25) is 0 Å². The van der Waals surface area contributed by atoms with Crippen LogP contribution < -0.4 is 10.2 Å². The summed E-state index contributed by atoms with van der Waals surface area (Å²) in [6, 6.07) is 4.29. The second kappa shape index (κ2) is 9.29. The molecule has 1 unspecified atom stereocenters. The number of imide groups is 2. The van der Waals surface area contributed by atoms with Crippen LogP contribution in [-0.2, 0) is 19.1 Å². The van der Waals surface area contributed by atoms with E-state index in [0.29, 0.717) is 11.1 Å². The molecule has 4 aliphatic rings. The fourth-order valence-electron chi connectivity index (χ4n) is 5.54. The van der Waals surface area contributed by atoms with Crippen molar-refractivity contribution < 1.29 is 28.7 Å². The summed E-state index contributed by atoms with van der Waals surface area (Å²) in [4.78, 5) is 63.8. The van der Waals surface area contributed by atoms with E-state index < -0.39 is 23.8 Å². The number of ether oxygens (including phenoxy) is 1. The van der Waals surface area contributed by atoms with Crippen LogP contribution in [-0.4, -0.2) is 66.2 Å². The molecule has 1 saturated carbocycles. The summed E-state index contributed by atoms with van der Waals surface area (Å²) in [5.41, 5.74) is 1.47. The Morgan fingerprint density at radius 3 is 2.21 bits per heavy atom. The number of benzene rings is 1. The van der Waals surface area contributed by atoms with Crippen LogP contribution in [0.4, 0.5) is 5.69 Å². The highest BCUT2D eigenvalue weighted by atomic mass is 16.5. The molecule has 180 valence electrons. The minimum absolute atomic E-state index is 0.102. The zero-order valence-corrected chi connectivity index (χ0v) is 19.0. The van der Waals surface area contributed by atoms with Crippen molar-refractivity contribution >= 4 is 35.6 Å². The lowest BCUT2D eigenvalue weighted by molar-refractivity contribution is -0.136. The second-order valence-corrected chi connectivity index (χ2v) is 9.67. The Bertz CT molecular complexity index is 1020. The number of carbonyl (C=O) groups is 5. The lowest BCUT2D eigenvalue weighted by Crippen LogP contribution is -2.54. The van der Waals surface area contributed by atoms with E-state index in [4.69, 9.17) is 4.74 Å². The Kier molecular flexibility index (Phi) is 6.20. The summed E-state index contributed by atoms with van der Waals surface area (Å²) in [7, 11) is 0.